The molecule has 0 aromatic heterocycles. The molecule has 0 saturated carbocycles. The first-order chi connectivity index (χ1) is 9.70. The number of aryl methyl sites for hydroxylation is 1. The minimum atomic E-state index is 0.488. The van der Waals surface area contributed by atoms with E-state index in [1.54, 1.807) is 0 Å². The average Bonchev–Trinajstić information content (AvgIpc) is 2.45. The van der Waals surface area contributed by atoms with Crippen LogP contribution in [0, 0.1) is 6.92 Å². The van der Waals surface area contributed by atoms with Crippen molar-refractivity contribution in [3.05, 3.63) is 64.2 Å². The number of benzene rings is 2. The molecule has 0 amide bonds. The van der Waals surface area contributed by atoms with Crippen molar-refractivity contribution in [3.8, 4) is 5.75 Å². The molecule has 0 radical (unpaired) electrons. The predicted octanol–water partition coefficient (Wildman–Crippen LogP) is 4.34. The van der Waals surface area contributed by atoms with Gasteiger partial charge in [-0.15, -0.1) is 0 Å². The zero-order chi connectivity index (χ0) is 14.4. The fourth-order valence-electron chi connectivity index (χ4n) is 1.98. The minimum Gasteiger partial charge on any atom is -0.489 e. The van der Waals surface area contributed by atoms with Crippen molar-refractivity contribution in [3.63, 3.8) is 0 Å². The van der Waals surface area contributed by atoms with E-state index in [2.05, 4.69) is 24.4 Å². The molecule has 0 aliphatic rings. The number of rotatable bonds is 6. The Morgan fingerprint density at radius 2 is 1.90 bits per heavy atom. The Morgan fingerprint density at radius 3 is 2.65 bits per heavy atom. The van der Waals surface area contributed by atoms with Gasteiger partial charge >= 0.3 is 0 Å². The van der Waals surface area contributed by atoms with Gasteiger partial charge in [-0.1, -0.05) is 48.9 Å². The van der Waals surface area contributed by atoms with Crippen molar-refractivity contribution in [1.82, 2.24) is 5.32 Å². The summed E-state index contributed by atoms with van der Waals surface area (Å²) in [7, 11) is 0. The number of halogens is 1. The van der Waals surface area contributed by atoms with Crippen molar-refractivity contribution in [2.24, 2.45) is 0 Å². The van der Waals surface area contributed by atoms with Crippen LogP contribution >= 0.6 is 11.6 Å². The molecule has 3 heteroatoms. The maximum Gasteiger partial charge on any atom is 0.124 e. The number of hydrogen-bond donors (Lipinski definition) is 1. The third-order valence-corrected chi connectivity index (χ3v) is 3.48. The van der Waals surface area contributed by atoms with Crippen LogP contribution in [0.3, 0.4) is 0 Å². The molecule has 1 N–H and O–H groups in total. The lowest BCUT2D eigenvalue weighted by Gasteiger charge is -2.12. The summed E-state index contributed by atoms with van der Waals surface area (Å²) >= 11 is 6.23. The second kappa shape index (κ2) is 7.32. The van der Waals surface area contributed by atoms with Crippen molar-refractivity contribution in [2.45, 2.75) is 27.0 Å². The third kappa shape index (κ3) is 3.99. The highest BCUT2D eigenvalue weighted by atomic mass is 35.5. The van der Waals surface area contributed by atoms with Crippen LogP contribution in [0.4, 0.5) is 0 Å². The zero-order valence-corrected chi connectivity index (χ0v) is 12.7. The first kappa shape index (κ1) is 14.9. The van der Waals surface area contributed by atoms with Gasteiger partial charge in [0.15, 0.2) is 0 Å². The van der Waals surface area contributed by atoms with Gasteiger partial charge in [-0.25, -0.2) is 0 Å². The molecule has 0 fully saturated rings. The molecule has 0 aliphatic carbocycles. The Balaban J connectivity index is 2.06. The molecule has 0 heterocycles. The molecule has 20 heavy (non-hydrogen) atoms. The van der Waals surface area contributed by atoms with Crippen LogP contribution < -0.4 is 10.1 Å². The summed E-state index contributed by atoms with van der Waals surface area (Å²) in [5, 5.41) is 4.07. The molecule has 2 aromatic rings. The summed E-state index contributed by atoms with van der Waals surface area (Å²) in [5.74, 6) is 0.907. The minimum absolute atomic E-state index is 0.488. The smallest absolute Gasteiger partial charge is 0.124 e. The second-order valence-corrected chi connectivity index (χ2v) is 5.18. The summed E-state index contributed by atoms with van der Waals surface area (Å²) < 4.78 is 5.92. The lowest BCUT2D eigenvalue weighted by molar-refractivity contribution is 0.302. The first-order valence-corrected chi connectivity index (χ1v) is 7.25. The van der Waals surface area contributed by atoms with Gasteiger partial charge in [0.2, 0.25) is 0 Å². The van der Waals surface area contributed by atoms with E-state index in [9.17, 15) is 0 Å². The summed E-state index contributed by atoms with van der Waals surface area (Å²) in [4.78, 5) is 0. The second-order valence-electron chi connectivity index (χ2n) is 4.77. The quantitative estimate of drug-likeness (QED) is 0.854. The molecule has 0 spiro atoms. The molecule has 0 saturated heterocycles. The van der Waals surface area contributed by atoms with Gasteiger partial charge in [-0.3, -0.25) is 0 Å². The van der Waals surface area contributed by atoms with E-state index >= 15 is 0 Å². The Hall–Kier alpha value is -1.51. The molecule has 0 aliphatic heterocycles. The largest absolute Gasteiger partial charge is 0.489 e. The van der Waals surface area contributed by atoms with E-state index in [1.165, 1.54) is 0 Å². The van der Waals surface area contributed by atoms with Gasteiger partial charge < -0.3 is 10.1 Å². The van der Waals surface area contributed by atoms with Crippen LogP contribution in [0.5, 0.6) is 5.75 Å². The van der Waals surface area contributed by atoms with Gasteiger partial charge in [-0.2, -0.15) is 0 Å². The molecule has 0 unspecified atom stereocenters. The molecule has 0 bridgehead atoms. The van der Waals surface area contributed by atoms with Gasteiger partial charge in [-0.05, 0) is 31.2 Å². The molecule has 2 nitrogen and oxygen atoms in total. The van der Waals surface area contributed by atoms with E-state index in [4.69, 9.17) is 16.3 Å². The van der Waals surface area contributed by atoms with Gasteiger partial charge in [0.05, 0.1) is 0 Å². The monoisotopic (exact) mass is 289 g/mol. The first-order valence-electron chi connectivity index (χ1n) is 6.87. The maximum absolute atomic E-state index is 6.23. The van der Waals surface area contributed by atoms with Crippen LogP contribution in [-0.4, -0.2) is 6.54 Å². The fourth-order valence-corrected chi connectivity index (χ4v) is 2.26. The van der Waals surface area contributed by atoms with Gasteiger partial charge in [0.1, 0.15) is 12.4 Å². The van der Waals surface area contributed by atoms with E-state index in [0.717, 1.165) is 40.6 Å². The zero-order valence-electron chi connectivity index (χ0n) is 11.9. The topological polar surface area (TPSA) is 21.3 Å². The fraction of sp³-hybridized carbons (Fsp3) is 0.294. The predicted molar refractivity (Wildman–Crippen MR) is 84.3 cm³/mol. The Morgan fingerprint density at radius 1 is 1.10 bits per heavy atom. The molecule has 2 aromatic carbocycles. The number of hydrogen-bond acceptors (Lipinski definition) is 2. The van der Waals surface area contributed by atoms with Crippen LogP contribution in [-0.2, 0) is 13.2 Å². The molecular weight excluding hydrogens is 270 g/mol. The van der Waals surface area contributed by atoms with Crippen molar-refractivity contribution in [2.75, 3.05) is 6.54 Å². The van der Waals surface area contributed by atoms with Crippen molar-refractivity contribution in [1.29, 1.82) is 0 Å². The normalized spacial score (nSPS) is 10.6. The Bertz CT molecular complexity index is 569. The van der Waals surface area contributed by atoms with Crippen LogP contribution in [0.25, 0.3) is 0 Å². The Kier molecular flexibility index (Phi) is 5.45. The molecule has 0 atom stereocenters. The van der Waals surface area contributed by atoms with Gasteiger partial charge in [0, 0.05) is 22.7 Å². The Labute approximate surface area is 125 Å². The summed E-state index contributed by atoms with van der Waals surface area (Å²) in [6.07, 6.45) is 0. The maximum atomic E-state index is 6.23. The van der Waals surface area contributed by atoms with Crippen LogP contribution in [0.1, 0.15) is 23.6 Å². The highest BCUT2D eigenvalue weighted by Crippen LogP contribution is 2.22. The average molecular weight is 290 g/mol. The summed E-state index contributed by atoms with van der Waals surface area (Å²) in [6.45, 7) is 6.37. The van der Waals surface area contributed by atoms with Crippen molar-refractivity contribution < 1.29 is 4.74 Å². The molecule has 106 valence electrons. The van der Waals surface area contributed by atoms with E-state index in [1.807, 2.05) is 37.3 Å². The number of ether oxygens (including phenoxy) is 1. The number of para-hydroxylation sites is 1. The SMILES string of the molecule is CCNCc1ccccc1OCc1ccc(C)cc1Cl. The summed E-state index contributed by atoms with van der Waals surface area (Å²) in [5.41, 5.74) is 3.33. The van der Waals surface area contributed by atoms with Crippen LogP contribution in [0.2, 0.25) is 5.02 Å². The number of nitrogens with one attached hydrogen (secondary N) is 1. The van der Waals surface area contributed by atoms with E-state index in [-0.39, 0.29) is 0 Å². The standard InChI is InChI=1S/C17H20ClNO/c1-3-19-11-14-6-4-5-7-17(14)20-12-15-9-8-13(2)10-16(15)18/h4-10,19H,3,11-12H2,1-2H3. The summed E-state index contributed by atoms with van der Waals surface area (Å²) in [6, 6.07) is 14.1. The highest BCUT2D eigenvalue weighted by molar-refractivity contribution is 6.31. The van der Waals surface area contributed by atoms with Crippen LogP contribution in [0.15, 0.2) is 42.5 Å². The molecule has 2 rings (SSSR count). The highest BCUT2D eigenvalue weighted by Gasteiger charge is 2.05. The third-order valence-electron chi connectivity index (χ3n) is 3.13. The van der Waals surface area contributed by atoms with E-state index < -0.39 is 0 Å². The van der Waals surface area contributed by atoms with E-state index in [0.29, 0.717) is 6.61 Å². The lowest BCUT2D eigenvalue weighted by atomic mass is 10.1. The molecular formula is C17H20ClNO. The lowest BCUT2D eigenvalue weighted by Crippen LogP contribution is -2.12. The van der Waals surface area contributed by atoms with Crippen molar-refractivity contribution >= 4 is 11.6 Å². The van der Waals surface area contributed by atoms with Gasteiger partial charge in [0.25, 0.3) is 0 Å².